The normalized spacial score (nSPS) is 11.7. The Morgan fingerprint density at radius 2 is 1.86 bits per heavy atom. The molecule has 1 N–H and O–H groups in total. The van der Waals surface area contributed by atoms with Crippen LogP contribution in [0.15, 0.2) is 82.7 Å². The number of thioether (sulfide) groups is 1. The van der Waals surface area contributed by atoms with Gasteiger partial charge in [0.05, 0.1) is 46.5 Å². The Kier molecular flexibility index (Phi) is 7.11. The molecule has 0 radical (unpaired) electrons. The average molecular weight is 491 g/mol. The highest BCUT2D eigenvalue weighted by Gasteiger charge is 2.19. The van der Waals surface area contributed by atoms with E-state index in [2.05, 4.69) is 10.3 Å². The average Bonchev–Trinajstić information content (AvgIpc) is 2.88. The Morgan fingerprint density at radius 3 is 2.57 bits per heavy atom. The fraction of sp³-hybridized carbons (Fsp3) is 0.160. The number of nitro groups is 1. The summed E-state index contributed by atoms with van der Waals surface area (Å²) in [5, 5.41) is 14.6. The maximum atomic E-state index is 13.4. The predicted octanol–water partition coefficient (Wildman–Crippen LogP) is 4.65. The number of benzene rings is 3. The van der Waals surface area contributed by atoms with Gasteiger partial charge in [-0.3, -0.25) is 24.3 Å². The third-order valence-electron chi connectivity index (χ3n) is 5.45. The van der Waals surface area contributed by atoms with Gasteiger partial charge in [-0.15, -0.1) is 0 Å². The Morgan fingerprint density at radius 1 is 1.14 bits per heavy atom. The number of nitrogens with zero attached hydrogens (tertiary/aromatic N) is 3. The number of fused-ring (bicyclic) bond motifs is 1. The van der Waals surface area contributed by atoms with E-state index in [0.717, 1.165) is 17.3 Å². The first kappa shape index (κ1) is 24.0. The first-order chi connectivity index (χ1) is 16.9. The molecule has 0 unspecified atom stereocenters. The number of aromatic nitrogens is 2. The smallest absolute Gasteiger partial charge is 0.273 e. The molecule has 0 fully saturated rings. The summed E-state index contributed by atoms with van der Waals surface area (Å²) >= 11 is 1.14. The van der Waals surface area contributed by atoms with Crippen molar-refractivity contribution in [2.45, 2.75) is 18.1 Å². The van der Waals surface area contributed by atoms with E-state index in [0.29, 0.717) is 21.7 Å². The molecule has 0 aliphatic heterocycles. The summed E-state index contributed by atoms with van der Waals surface area (Å²) < 4.78 is 6.78. The van der Waals surface area contributed by atoms with Crippen molar-refractivity contribution in [2.24, 2.45) is 0 Å². The first-order valence-electron chi connectivity index (χ1n) is 10.7. The van der Waals surface area contributed by atoms with E-state index in [-0.39, 0.29) is 34.7 Å². The molecule has 0 aliphatic carbocycles. The van der Waals surface area contributed by atoms with Gasteiger partial charge in [-0.1, -0.05) is 54.2 Å². The van der Waals surface area contributed by atoms with E-state index in [1.807, 2.05) is 43.3 Å². The number of hydrogen-bond acceptors (Lipinski definition) is 7. The third-order valence-corrected chi connectivity index (χ3v) is 6.40. The summed E-state index contributed by atoms with van der Waals surface area (Å²) in [5.41, 5.74) is 1.47. The van der Waals surface area contributed by atoms with Crippen LogP contribution in [0.4, 0.5) is 11.4 Å². The number of hydrogen-bond donors (Lipinski definition) is 1. The lowest BCUT2D eigenvalue weighted by Crippen LogP contribution is -2.27. The van der Waals surface area contributed by atoms with Crippen molar-refractivity contribution in [1.29, 1.82) is 0 Å². The Labute approximate surface area is 204 Å². The molecule has 1 atom stereocenters. The maximum absolute atomic E-state index is 13.4. The lowest BCUT2D eigenvalue weighted by Gasteiger charge is -2.20. The lowest BCUT2D eigenvalue weighted by molar-refractivity contribution is -0.384. The number of nitrogens with one attached hydrogen (secondary N) is 1. The van der Waals surface area contributed by atoms with Crippen LogP contribution in [-0.4, -0.2) is 33.2 Å². The molecule has 10 heteroatoms. The van der Waals surface area contributed by atoms with Crippen LogP contribution >= 0.6 is 11.8 Å². The number of carbonyl (C=O) groups is 1. The molecule has 35 heavy (non-hydrogen) atoms. The fourth-order valence-corrected chi connectivity index (χ4v) is 4.54. The van der Waals surface area contributed by atoms with Gasteiger partial charge in [0.15, 0.2) is 5.16 Å². The topological polar surface area (TPSA) is 116 Å². The second kappa shape index (κ2) is 10.4. The number of para-hydroxylation sites is 1. The van der Waals surface area contributed by atoms with Crippen LogP contribution < -0.4 is 15.6 Å². The summed E-state index contributed by atoms with van der Waals surface area (Å²) in [5.74, 6) is -0.230. The van der Waals surface area contributed by atoms with Crippen LogP contribution in [0.25, 0.3) is 10.9 Å². The minimum Gasteiger partial charge on any atom is -0.494 e. The zero-order valence-corrected chi connectivity index (χ0v) is 19.8. The highest BCUT2D eigenvalue weighted by atomic mass is 32.2. The zero-order chi connectivity index (χ0) is 24.9. The SMILES string of the molecule is COc1cc([N+](=O)[O-])ccc1NC(=O)CSc1nc2ccccc2c(=O)n1[C@@H](C)c1ccccc1. The summed E-state index contributed by atoms with van der Waals surface area (Å²) in [6, 6.07) is 20.3. The number of carbonyl (C=O) groups excluding carboxylic acids is 1. The minimum atomic E-state index is -0.539. The van der Waals surface area contributed by atoms with E-state index in [1.54, 1.807) is 22.8 Å². The van der Waals surface area contributed by atoms with Gasteiger partial charge in [-0.2, -0.15) is 0 Å². The second-order valence-electron chi connectivity index (χ2n) is 7.65. The summed E-state index contributed by atoms with van der Waals surface area (Å²) in [6.07, 6.45) is 0. The van der Waals surface area contributed by atoms with Crippen LogP contribution in [0.1, 0.15) is 18.5 Å². The zero-order valence-electron chi connectivity index (χ0n) is 19.0. The largest absolute Gasteiger partial charge is 0.494 e. The highest BCUT2D eigenvalue weighted by Crippen LogP contribution is 2.30. The molecule has 0 spiro atoms. The van der Waals surface area contributed by atoms with Crippen molar-refractivity contribution in [3.63, 3.8) is 0 Å². The van der Waals surface area contributed by atoms with Crippen LogP contribution in [0.5, 0.6) is 5.75 Å². The minimum absolute atomic E-state index is 0.0353. The number of amides is 1. The Hall–Kier alpha value is -4.18. The van der Waals surface area contributed by atoms with Crippen molar-refractivity contribution in [3.8, 4) is 5.75 Å². The molecule has 1 aromatic heterocycles. The maximum Gasteiger partial charge on any atom is 0.273 e. The number of ether oxygens (including phenoxy) is 1. The van der Waals surface area contributed by atoms with Gasteiger partial charge in [-0.25, -0.2) is 4.98 Å². The molecule has 1 amide bonds. The molecule has 3 aromatic carbocycles. The van der Waals surface area contributed by atoms with Gasteiger partial charge < -0.3 is 10.1 Å². The van der Waals surface area contributed by atoms with Gasteiger partial charge in [0.1, 0.15) is 5.75 Å². The van der Waals surface area contributed by atoms with Crippen molar-refractivity contribution < 1.29 is 14.5 Å². The van der Waals surface area contributed by atoms with E-state index < -0.39 is 4.92 Å². The molecule has 0 aliphatic rings. The van der Waals surface area contributed by atoms with E-state index in [9.17, 15) is 19.7 Å². The Balaban J connectivity index is 1.62. The van der Waals surface area contributed by atoms with Crippen LogP contribution in [0.2, 0.25) is 0 Å². The molecular weight excluding hydrogens is 468 g/mol. The number of nitro benzene ring substituents is 1. The quantitative estimate of drug-likeness (QED) is 0.165. The van der Waals surface area contributed by atoms with Crippen molar-refractivity contribution in [1.82, 2.24) is 9.55 Å². The molecule has 178 valence electrons. The van der Waals surface area contributed by atoms with Gasteiger partial charge in [-0.05, 0) is 30.7 Å². The van der Waals surface area contributed by atoms with Crippen LogP contribution in [0, 0.1) is 10.1 Å². The fourth-order valence-electron chi connectivity index (χ4n) is 3.66. The van der Waals surface area contributed by atoms with Crippen LogP contribution in [0.3, 0.4) is 0 Å². The number of rotatable bonds is 8. The first-order valence-corrected chi connectivity index (χ1v) is 11.7. The van der Waals surface area contributed by atoms with Gasteiger partial charge in [0, 0.05) is 6.07 Å². The second-order valence-corrected chi connectivity index (χ2v) is 8.59. The van der Waals surface area contributed by atoms with E-state index in [4.69, 9.17) is 4.74 Å². The van der Waals surface area contributed by atoms with E-state index >= 15 is 0 Å². The molecule has 0 saturated heterocycles. The summed E-state index contributed by atoms with van der Waals surface area (Å²) in [7, 11) is 1.37. The number of methoxy groups -OCH3 is 1. The number of non-ortho nitro benzene ring substituents is 1. The molecule has 4 rings (SSSR count). The molecule has 4 aromatic rings. The van der Waals surface area contributed by atoms with Crippen molar-refractivity contribution in [3.05, 3.63) is 98.8 Å². The summed E-state index contributed by atoms with van der Waals surface area (Å²) in [4.78, 5) is 41.3. The van der Waals surface area contributed by atoms with Crippen LogP contribution in [-0.2, 0) is 4.79 Å². The number of anilines is 1. The predicted molar refractivity (Wildman–Crippen MR) is 135 cm³/mol. The van der Waals surface area contributed by atoms with Gasteiger partial charge >= 0.3 is 0 Å². The monoisotopic (exact) mass is 490 g/mol. The van der Waals surface area contributed by atoms with Gasteiger partial charge in [0.25, 0.3) is 11.2 Å². The lowest BCUT2D eigenvalue weighted by atomic mass is 10.1. The Bertz CT molecular complexity index is 1460. The molecule has 0 bridgehead atoms. The highest BCUT2D eigenvalue weighted by molar-refractivity contribution is 7.99. The molecule has 1 heterocycles. The molecule has 0 saturated carbocycles. The standard InChI is InChI=1S/C25H22N4O5S/c1-16(17-8-4-3-5-9-17)28-24(31)19-10-6-7-11-20(19)27-25(28)35-15-23(30)26-21-13-12-18(29(32)33)14-22(21)34-2/h3-14,16H,15H2,1-2H3,(H,26,30)/t16-/m0/s1. The van der Waals surface area contributed by atoms with Crippen molar-refractivity contribution in [2.75, 3.05) is 18.2 Å². The van der Waals surface area contributed by atoms with Crippen molar-refractivity contribution >= 4 is 39.9 Å². The molecule has 9 nitrogen and oxygen atoms in total. The summed E-state index contributed by atoms with van der Waals surface area (Å²) in [6.45, 7) is 1.92. The van der Waals surface area contributed by atoms with Gasteiger partial charge in [0.2, 0.25) is 5.91 Å². The van der Waals surface area contributed by atoms with E-state index in [1.165, 1.54) is 25.3 Å². The molecular formula is C25H22N4O5S. The third kappa shape index (κ3) is 5.17.